The molecule has 0 aliphatic rings. The zero-order valence-electron chi connectivity index (χ0n) is 7.59. The number of ketones is 1. The Morgan fingerprint density at radius 3 is 2.08 bits per heavy atom. The predicted molar refractivity (Wildman–Crippen MR) is 54.3 cm³/mol. The Bertz CT molecular complexity index is 244. The van der Waals surface area contributed by atoms with Gasteiger partial charge in [0.1, 0.15) is 14.1 Å². The van der Waals surface area contributed by atoms with E-state index in [4.69, 9.17) is 23.8 Å². The first-order valence-corrected chi connectivity index (χ1v) is 4.12. The molecule has 0 amide bonds. The van der Waals surface area contributed by atoms with Gasteiger partial charge in [-0.3, -0.25) is 4.79 Å². The Kier molecular flexibility index (Phi) is 4.34. The molecule has 68 valence electrons. The second kappa shape index (κ2) is 4.52. The Hall–Kier alpha value is -0.480. The van der Waals surface area contributed by atoms with Gasteiger partial charge in [0.05, 0.1) is 0 Å². The molecule has 0 radical (unpaired) electrons. The monoisotopic (exact) mass is 207 g/mol. The maximum atomic E-state index is 11.3. The van der Waals surface area contributed by atoms with Gasteiger partial charge in [-0.2, -0.15) is 0 Å². The van der Waals surface area contributed by atoms with E-state index in [1.807, 2.05) is 0 Å². The average molecular weight is 208 g/mol. The third kappa shape index (κ3) is 2.87. The molecule has 0 aromatic heterocycles. The van der Waals surface area contributed by atoms with E-state index in [1.54, 1.807) is 33.1 Å². The topological polar surface area (TPSA) is 23.3 Å². The van der Waals surface area contributed by atoms with E-state index in [0.717, 1.165) is 0 Å². The van der Waals surface area contributed by atoms with E-state index in [9.17, 15) is 4.79 Å². The summed E-state index contributed by atoms with van der Waals surface area (Å²) in [5, 5.41) is 0.133. The zero-order chi connectivity index (χ0) is 9.89. The van der Waals surface area contributed by atoms with Crippen LogP contribution in [0.15, 0.2) is 0 Å². The van der Waals surface area contributed by atoms with Crippen molar-refractivity contribution in [3.05, 3.63) is 0 Å². The van der Waals surface area contributed by atoms with Gasteiger partial charge in [0.25, 0.3) is 5.78 Å². The largest absolute Gasteiger partial charge is 0.365 e. The molecule has 0 aromatic carbocycles. The lowest BCUT2D eigenvalue weighted by Crippen LogP contribution is -2.34. The van der Waals surface area contributed by atoms with Crippen LogP contribution in [-0.2, 0) is 4.79 Å². The summed E-state index contributed by atoms with van der Waals surface area (Å²) in [4.78, 5) is 13.1. The van der Waals surface area contributed by atoms with Crippen molar-refractivity contribution in [1.82, 2.24) is 4.90 Å². The Morgan fingerprint density at radius 2 is 1.83 bits per heavy atom. The van der Waals surface area contributed by atoms with Crippen LogP contribution in [-0.4, -0.2) is 53.6 Å². The molecule has 0 saturated carbocycles. The molecule has 0 fully saturated rings. The molecule has 0 heterocycles. The fourth-order valence-electron chi connectivity index (χ4n) is 0.494. The fourth-order valence-corrected chi connectivity index (χ4v) is 0.737. The summed E-state index contributed by atoms with van der Waals surface area (Å²) < 4.78 is 1.53. The first-order valence-electron chi connectivity index (χ1n) is 3.33. The highest BCUT2D eigenvalue weighted by atomic mass is 35.5. The zero-order valence-corrected chi connectivity index (χ0v) is 9.16. The number of hydrogen-bond acceptors (Lipinski definition) is 2. The lowest BCUT2D eigenvalue weighted by molar-refractivity contribution is -0.460. The maximum Gasteiger partial charge on any atom is 0.320 e. The molecule has 0 unspecified atom stereocenters. The molecule has 0 aromatic rings. The van der Waals surface area contributed by atoms with Crippen molar-refractivity contribution in [3.8, 4) is 0 Å². The average Bonchev–Trinajstić information content (AvgIpc) is 2.00. The number of Topliss-reactive ketones (excluding diaryl/α,β-unsaturated/α-hetero) is 1. The van der Waals surface area contributed by atoms with E-state index < -0.39 is 0 Å². The SMILES string of the molecule is CN(C)C(=S)C(=O)C(Cl)=[N+](C)C. The molecule has 0 spiro atoms. The number of carbonyl (C=O) groups is 1. The van der Waals surface area contributed by atoms with E-state index in [2.05, 4.69) is 0 Å². The van der Waals surface area contributed by atoms with Crippen molar-refractivity contribution < 1.29 is 9.37 Å². The molecule has 0 rings (SSSR count). The van der Waals surface area contributed by atoms with Crippen LogP contribution in [0.5, 0.6) is 0 Å². The van der Waals surface area contributed by atoms with Crippen molar-refractivity contribution in [2.45, 2.75) is 0 Å². The van der Waals surface area contributed by atoms with Gasteiger partial charge in [0, 0.05) is 14.1 Å². The van der Waals surface area contributed by atoms with Crippen LogP contribution in [0, 0.1) is 0 Å². The van der Waals surface area contributed by atoms with Crippen LogP contribution < -0.4 is 0 Å². The summed E-state index contributed by atoms with van der Waals surface area (Å²) in [5.74, 6) is -0.318. The second-order valence-corrected chi connectivity index (χ2v) is 3.46. The normalized spacial score (nSPS) is 9.08. The quantitative estimate of drug-likeness (QED) is 0.371. The minimum absolute atomic E-state index is 0.133. The first-order chi connectivity index (χ1) is 5.37. The van der Waals surface area contributed by atoms with Gasteiger partial charge in [0.2, 0.25) is 0 Å². The number of nitrogens with zero attached hydrogens (tertiary/aromatic N) is 2. The number of likely N-dealkylation sites (N-methyl/N-ethyl adjacent to an activating group) is 1. The molecular formula is C7H12ClN2OS+. The summed E-state index contributed by atoms with van der Waals surface area (Å²) in [7, 11) is 6.80. The molecule has 0 aliphatic carbocycles. The minimum atomic E-state index is -0.318. The minimum Gasteiger partial charge on any atom is -0.365 e. The smallest absolute Gasteiger partial charge is 0.320 e. The molecule has 5 heteroatoms. The Balaban J connectivity index is 4.64. The highest BCUT2D eigenvalue weighted by molar-refractivity contribution is 7.82. The summed E-state index contributed by atoms with van der Waals surface area (Å²) in [6.07, 6.45) is 0. The number of hydrogen-bond donors (Lipinski definition) is 0. The summed E-state index contributed by atoms with van der Waals surface area (Å²) in [6.45, 7) is 0. The van der Waals surface area contributed by atoms with Crippen LogP contribution in [0.2, 0.25) is 0 Å². The third-order valence-corrected chi connectivity index (χ3v) is 2.24. The van der Waals surface area contributed by atoms with Crippen LogP contribution >= 0.6 is 23.8 Å². The van der Waals surface area contributed by atoms with E-state index in [-0.39, 0.29) is 15.9 Å². The lowest BCUT2D eigenvalue weighted by Gasteiger charge is -2.09. The van der Waals surface area contributed by atoms with E-state index >= 15 is 0 Å². The standard InChI is InChI=1S/C7H12ClN2OS/c1-9(2)6(8)5(11)7(12)10(3)4/h1-4H3/q+1. The molecular weight excluding hydrogens is 196 g/mol. The molecule has 0 saturated heterocycles. The third-order valence-electron chi connectivity index (χ3n) is 1.18. The van der Waals surface area contributed by atoms with Crippen molar-refractivity contribution >= 4 is 39.8 Å². The number of thiocarbonyl (C=S) groups is 1. The molecule has 0 bridgehead atoms. The van der Waals surface area contributed by atoms with E-state index in [1.165, 1.54) is 4.58 Å². The number of halogens is 1. The van der Waals surface area contributed by atoms with Gasteiger partial charge in [-0.05, 0) is 11.6 Å². The molecule has 12 heavy (non-hydrogen) atoms. The van der Waals surface area contributed by atoms with Crippen LogP contribution in [0.25, 0.3) is 0 Å². The van der Waals surface area contributed by atoms with Gasteiger partial charge in [-0.15, -0.1) is 0 Å². The van der Waals surface area contributed by atoms with Crippen molar-refractivity contribution in [2.24, 2.45) is 0 Å². The van der Waals surface area contributed by atoms with Crippen LogP contribution in [0.3, 0.4) is 0 Å². The molecule has 0 atom stereocenters. The van der Waals surface area contributed by atoms with Crippen molar-refractivity contribution in [1.29, 1.82) is 0 Å². The van der Waals surface area contributed by atoms with Crippen molar-refractivity contribution in [2.75, 3.05) is 28.2 Å². The molecule has 0 aliphatic heterocycles. The van der Waals surface area contributed by atoms with Gasteiger partial charge in [-0.1, -0.05) is 12.2 Å². The Morgan fingerprint density at radius 1 is 1.42 bits per heavy atom. The number of carbonyl (C=O) groups excluding carboxylic acids is 1. The van der Waals surface area contributed by atoms with Crippen LogP contribution in [0.1, 0.15) is 0 Å². The van der Waals surface area contributed by atoms with Crippen molar-refractivity contribution in [3.63, 3.8) is 0 Å². The predicted octanol–water partition coefficient (Wildman–Crippen LogP) is 0.354. The molecule has 0 N–H and O–H groups in total. The van der Waals surface area contributed by atoms with Gasteiger partial charge < -0.3 is 4.90 Å². The fraction of sp³-hybridized carbons (Fsp3) is 0.571. The highest BCUT2D eigenvalue weighted by Crippen LogP contribution is 1.93. The van der Waals surface area contributed by atoms with Crippen LogP contribution in [0.4, 0.5) is 0 Å². The summed E-state index contributed by atoms with van der Waals surface area (Å²) in [6, 6.07) is 0. The second-order valence-electron chi connectivity index (χ2n) is 2.71. The first kappa shape index (κ1) is 11.5. The van der Waals surface area contributed by atoms with E-state index in [0.29, 0.717) is 0 Å². The summed E-state index contributed by atoms with van der Waals surface area (Å²) in [5.41, 5.74) is 0. The maximum absolute atomic E-state index is 11.3. The van der Waals surface area contributed by atoms with Gasteiger partial charge >= 0.3 is 5.17 Å². The highest BCUT2D eigenvalue weighted by Gasteiger charge is 2.22. The molecule has 3 nitrogen and oxygen atoms in total. The summed E-state index contributed by atoms with van der Waals surface area (Å²) >= 11 is 10.5. The van der Waals surface area contributed by atoms with Gasteiger partial charge in [-0.25, -0.2) is 4.58 Å². The Labute approximate surface area is 82.6 Å². The number of rotatable bonds is 2. The lowest BCUT2D eigenvalue weighted by atomic mass is 10.4. The van der Waals surface area contributed by atoms with Gasteiger partial charge in [0.15, 0.2) is 4.99 Å².